The fourth-order valence-electron chi connectivity index (χ4n) is 2.33. The lowest BCUT2D eigenvalue weighted by Gasteiger charge is -2.35. The number of rotatable bonds is 1. The number of hydrogen-bond donors (Lipinski definition) is 1. The minimum atomic E-state index is -0.982. The van der Waals surface area contributed by atoms with Crippen molar-refractivity contribution in [2.75, 3.05) is 22.9 Å². The minimum Gasteiger partial charge on any atom is -0.465 e. The first kappa shape index (κ1) is 12.4. The highest BCUT2D eigenvalue weighted by atomic mass is 19.1. The highest BCUT2D eigenvalue weighted by molar-refractivity contribution is 5.93. The molecule has 6 heteroatoms. The number of pyridine rings is 1. The summed E-state index contributed by atoms with van der Waals surface area (Å²) in [6.45, 7) is 0.813. The molecule has 1 aliphatic rings. The van der Waals surface area contributed by atoms with Crippen molar-refractivity contribution in [2.45, 2.75) is 0 Å². The number of fused-ring (bicyclic) bond motifs is 1. The summed E-state index contributed by atoms with van der Waals surface area (Å²) < 4.78 is 13.0. The van der Waals surface area contributed by atoms with Crippen LogP contribution in [-0.4, -0.2) is 29.3 Å². The van der Waals surface area contributed by atoms with E-state index in [1.165, 1.54) is 11.0 Å². The van der Waals surface area contributed by atoms with Crippen LogP contribution in [0.3, 0.4) is 0 Å². The lowest BCUT2D eigenvalue weighted by molar-refractivity contribution is 0.201. The number of carboxylic acid groups (broad SMARTS) is 1. The standard InChI is InChI=1S/C14H12FN3O2/c15-10-5-6-13(16-9-10)17-7-8-18(14(19)20)12-4-2-1-3-11(12)17/h1-6,9H,7-8H2,(H,19,20). The van der Waals surface area contributed by atoms with E-state index in [0.717, 1.165) is 11.9 Å². The van der Waals surface area contributed by atoms with E-state index in [1.807, 2.05) is 17.0 Å². The highest BCUT2D eigenvalue weighted by Gasteiger charge is 2.27. The summed E-state index contributed by atoms with van der Waals surface area (Å²) >= 11 is 0. The van der Waals surface area contributed by atoms with Gasteiger partial charge in [-0.15, -0.1) is 0 Å². The summed E-state index contributed by atoms with van der Waals surface area (Å²) in [5.41, 5.74) is 1.36. The Morgan fingerprint density at radius 2 is 1.90 bits per heavy atom. The number of carbonyl (C=O) groups is 1. The molecule has 0 spiro atoms. The molecule has 1 N–H and O–H groups in total. The molecule has 2 aromatic rings. The molecule has 1 aromatic carbocycles. The highest BCUT2D eigenvalue weighted by Crippen LogP contribution is 2.36. The van der Waals surface area contributed by atoms with Gasteiger partial charge in [-0.2, -0.15) is 0 Å². The van der Waals surface area contributed by atoms with Gasteiger partial charge in [-0.1, -0.05) is 12.1 Å². The zero-order chi connectivity index (χ0) is 14.1. The third-order valence-corrected chi connectivity index (χ3v) is 3.23. The van der Waals surface area contributed by atoms with Crippen LogP contribution in [0.15, 0.2) is 42.6 Å². The molecule has 1 amide bonds. The van der Waals surface area contributed by atoms with Crippen LogP contribution in [-0.2, 0) is 0 Å². The summed E-state index contributed by atoms with van der Waals surface area (Å²) in [4.78, 5) is 18.5. The van der Waals surface area contributed by atoms with Gasteiger partial charge in [-0.25, -0.2) is 14.2 Å². The Labute approximate surface area is 114 Å². The monoisotopic (exact) mass is 273 g/mol. The SMILES string of the molecule is O=C(O)N1CCN(c2ccc(F)cn2)c2ccccc21. The zero-order valence-corrected chi connectivity index (χ0v) is 10.5. The number of para-hydroxylation sites is 2. The average Bonchev–Trinajstić information content (AvgIpc) is 2.47. The van der Waals surface area contributed by atoms with Crippen LogP contribution in [0.1, 0.15) is 0 Å². The van der Waals surface area contributed by atoms with Crippen LogP contribution in [0.2, 0.25) is 0 Å². The van der Waals surface area contributed by atoms with Crippen molar-refractivity contribution >= 4 is 23.3 Å². The second-order valence-electron chi connectivity index (χ2n) is 4.41. The Balaban J connectivity index is 2.04. The van der Waals surface area contributed by atoms with Gasteiger partial charge >= 0.3 is 6.09 Å². The van der Waals surface area contributed by atoms with E-state index in [-0.39, 0.29) is 0 Å². The number of amides is 1. The number of benzene rings is 1. The quantitative estimate of drug-likeness (QED) is 0.868. The molecule has 0 saturated carbocycles. The molecule has 102 valence electrons. The van der Waals surface area contributed by atoms with E-state index in [2.05, 4.69) is 4.98 Å². The summed E-state index contributed by atoms with van der Waals surface area (Å²) in [5.74, 6) is 0.204. The van der Waals surface area contributed by atoms with Crippen molar-refractivity contribution in [2.24, 2.45) is 0 Å². The molecule has 0 aliphatic carbocycles. The first-order valence-corrected chi connectivity index (χ1v) is 6.15. The van der Waals surface area contributed by atoms with E-state index in [4.69, 9.17) is 0 Å². The van der Waals surface area contributed by atoms with E-state index in [0.29, 0.717) is 24.6 Å². The second kappa shape index (κ2) is 4.80. The maximum Gasteiger partial charge on any atom is 0.411 e. The van der Waals surface area contributed by atoms with Crippen LogP contribution < -0.4 is 9.80 Å². The van der Waals surface area contributed by atoms with Gasteiger partial charge < -0.3 is 10.0 Å². The lowest BCUT2D eigenvalue weighted by Crippen LogP contribution is -2.41. The molecule has 1 aromatic heterocycles. The summed E-state index contributed by atoms with van der Waals surface area (Å²) in [7, 11) is 0. The van der Waals surface area contributed by atoms with Crippen LogP contribution in [0.5, 0.6) is 0 Å². The van der Waals surface area contributed by atoms with Gasteiger partial charge in [0.25, 0.3) is 0 Å². The van der Waals surface area contributed by atoms with Crippen molar-refractivity contribution in [3.8, 4) is 0 Å². The Morgan fingerprint density at radius 1 is 1.15 bits per heavy atom. The Bertz CT molecular complexity index is 645. The van der Waals surface area contributed by atoms with Gasteiger partial charge in [0, 0.05) is 13.1 Å². The van der Waals surface area contributed by atoms with E-state index >= 15 is 0 Å². The predicted octanol–water partition coefficient (Wildman–Crippen LogP) is 2.86. The van der Waals surface area contributed by atoms with Crippen molar-refractivity contribution in [3.63, 3.8) is 0 Å². The van der Waals surface area contributed by atoms with E-state index in [1.54, 1.807) is 18.2 Å². The Kier molecular flexibility index (Phi) is 2.98. The number of aromatic nitrogens is 1. The Morgan fingerprint density at radius 3 is 2.55 bits per heavy atom. The fourth-order valence-corrected chi connectivity index (χ4v) is 2.33. The third-order valence-electron chi connectivity index (χ3n) is 3.23. The number of anilines is 3. The minimum absolute atomic E-state index is 0.339. The van der Waals surface area contributed by atoms with Crippen LogP contribution in [0.25, 0.3) is 0 Å². The average molecular weight is 273 g/mol. The predicted molar refractivity (Wildman–Crippen MR) is 73.0 cm³/mol. The van der Waals surface area contributed by atoms with E-state index in [9.17, 15) is 14.3 Å². The second-order valence-corrected chi connectivity index (χ2v) is 4.41. The molecule has 3 rings (SSSR count). The molecule has 20 heavy (non-hydrogen) atoms. The third kappa shape index (κ3) is 2.05. The molecule has 0 atom stereocenters. The van der Waals surface area contributed by atoms with Gasteiger partial charge in [0.2, 0.25) is 0 Å². The van der Waals surface area contributed by atoms with Gasteiger partial charge in [0.1, 0.15) is 11.6 Å². The molecular formula is C14H12FN3O2. The van der Waals surface area contributed by atoms with Gasteiger partial charge in [-0.3, -0.25) is 4.90 Å². The zero-order valence-electron chi connectivity index (χ0n) is 10.5. The molecule has 0 bridgehead atoms. The maximum atomic E-state index is 13.0. The molecule has 2 heterocycles. The van der Waals surface area contributed by atoms with Gasteiger partial charge in [-0.05, 0) is 24.3 Å². The van der Waals surface area contributed by atoms with Crippen molar-refractivity contribution in [1.82, 2.24) is 4.98 Å². The molecule has 0 unspecified atom stereocenters. The van der Waals surface area contributed by atoms with Gasteiger partial charge in [0.05, 0.1) is 17.6 Å². The lowest BCUT2D eigenvalue weighted by atomic mass is 10.1. The summed E-state index contributed by atoms with van der Waals surface area (Å²) in [6, 6.07) is 10.1. The largest absolute Gasteiger partial charge is 0.465 e. The fraction of sp³-hybridized carbons (Fsp3) is 0.143. The van der Waals surface area contributed by atoms with Gasteiger partial charge in [0.15, 0.2) is 0 Å². The van der Waals surface area contributed by atoms with Crippen LogP contribution in [0.4, 0.5) is 26.4 Å². The molecule has 0 radical (unpaired) electrons. The first-order chi connectivity index (χ1) is 9.66. The smallest absolute Gasteiger partial charge is 0.411 e. The molecule has 1 aliphatic heterocycles. The van der Waals surface area contributed by atoms with Crippen molar-refractivity contribution in [3.05, 3.63) is 48.4 Å². The summed E-state index contributed by atoms with van der Waals surface area (Å²) in [6.07, 6.45) is 0.172. The maximum absolute atomic E-state index is 13.0. The van der Waals surface area contributed by atoms with Crippen LogP contribution in [0, 0.1) is 5.82 Å². The summed E-state index contributed by atoms with van der Waals surface area (Å²) in [5, 5.41) is 9.22. The van der Waals surface area contributed by atoms with Crippen molar-refractivity contribution in [1.29, 1.82) is 0 Å². The van der Waals surface area contributed by atoms with Crippen LogP contribution >= 0.6 is 0 Å². The number of hydrogen-bond acceptors (Lipinski definition) is 3. The van der Waals surface area contributed by atoms with E-state index < -0.39 is 11.9 Å². The normalized spacial score (nSPS) is 14.1. The number of halogens is 1. The Hall–Kier alpha value is -2.63. The molecule has 0 fully saturated rings. The van der Waals surface area contributed by atoms with Crippen molar-refractivity contribution < 1.29 is 14.3 Å². The first-order valence-electron chi connectivity index (χ1n) is 6.15. The molecule has 0 saturated heterocycles. The topological polar surface area (TPSA) is 56.7 Å². The molecule has 5 nitrogen and oxygen atoms in total. The number of nitrogens with zero attached hydrogens (tertiary/aromatic N) is 3. The molecular weight excluding hydrogens is 261 g/mol.